The van der Waals surface area contributed by atoms with Crippen molar-refractivity contribution in [3.63, 3.8) is 0 Å². The van der Waals surface area contributed by atoms with Gasteiger partial charge in [0.15, 0.2) is 0 Å². The maximum atomic E-state index is 5.50. The molecule has 0 spiro atoms. The molecular formula is C15H33NO2. The Hall–Kier alpha value is -0.120. The number of hydrogen-bond donors (Lipinski definition) is 1. The molecule has 0 saturated carbocycles. The first-order valence-corrected chi connectivity index (χ1v) is 7.41. The van der Waals surface area contributed by atoms with Gasteiger partial charge in [0.05, 0.1) is 19.8 Å². The average Bonchev–Trinajstić information content (AvgIpc) is 2.29. The molecule has 0 aliphatic carbocycles. The minimum Gasteiger partial charge on any atom is -0.379 e. The lowest BCUT2D eigenvalue weighted by atomic mass is 10.0. The zero-order chi connectivity index (χ0) is 13.8. The first-order valence-electron chi connectivity index (χ1n) is 7.41. The van der Waals surface area contributed by atoms with Gasteiger partial charge in [-0.25, -0.2) is 0 Å². The zero-order valence-electron chi connectivity index (χ0n) is 13.0. The van der Waals surface area contributed by atoms with E-state index in [0.29, 0.717) is 25.2 Å². The van der Waals surface area contributed by atoms with Crippen LogP contribution in [-0.2, 0) is 9.47 Å². The minimum absolute atomic E-state index is 0.591. The van der Waals surface area contributed by atoms with Gasteiger partial charge in [-0.2, -0.15) is 0 Å². The van der Waals surface area contributed by atoms with E-state index in [1.807, 2.05) is 0 Å². The smallest absolute Gasteiger partial charge is 0.0701 e. The highest BCUT2D eigenvalue weighted by Crippen LogP contribution is 2.05. The molecule has 0 aromatic carbocycles. The van der Waals surface area contributed by atoms with Gasteiger partial charge >= 0.3 is 0 Å². The summed E-state index contributed by atoms with van der Waals surface area (Å²) in [4.78, 5) is 0. The second-order valence-electron chi connectivity index (χ2n) is 5.91. The first-order chi connectivity index (χ1) is 8.52. The summed E-state index contributed by atoms with van der Waals surface area (Å²) in [6.07, 6.45) is 2.53. The van der Waals surface area contributed by atoms with Crippen LogP contribution in [0.15, 0.2) is 0 Å². The molecule has 3 nitrogen and oxygen atoms in total. The van der Waals surface area contributed by atoms with Gasteiger partial charge in [0.25, 0.3) is 0 Å². The van der Waals surface area contributed by atoms with E-state index in [4.69, 9.17) is 9.47 Å². The van der Waals surface area contributed by atoms with Crippen molar-refractivity contribution in [3.8, 4) is 0 Å². The highest BCUT2D eigenvalue weighted by atomic mass is 16.5. The number of ether oxygens (including phenoxy) is 2. The lowest BCUT2D eigenvalue weighted by Gasteiger charge is -2.15. The van der Waals surface area contributed by atoms with Crippen molar-refractivity contribution >= 4 is 0 Å². The van der Waals surface area contributed by atoms with Crippen LogP contribution in [-0.4, -0.2) is 39.0 Å². The summed E-state index contributed by atoms with van der Waals surface area (Å²) in [5, 5.41) is 3.48. The molecule has 0 rings (SSSR count). The van der Waals surface area contributed by atoms with Gasteiger partial charge in [-0.15, -0.1) is 0 Å². The monoisotopic (exact) mass is 259 g/mol. The quantitative estimate of drug-likeness (QED) is 0.546. The average molecular weight is 259 g/mol. The van der Waals surface area contributed by atoms with Crippen molar-refractivity contribution in [3.05, 3.63) is 0 Å². The predicted molar refractivity (Wildman–Crippen MR) is 78.0 cm³/mol. The molecular weight excluding hydrogens is 226 g/mol. The van der Waals surface area contributed by atoms with Crippen LogP contribution in [0.25, 0.3) is 0 Å². The molecule has 0 radical (unpaired) electrons. The minimum atomic E-state index is 0.591. The third-order valence-corrected chi connectivity index (χ3v) is 2.74. The van der Waals surface area contributed by atoms with Crippen LogP contribution in [0.1, 0.15) is 47.5 Å². The second-order valence-corrected chi connectivity index (χ2v) is 5.91. The van der Waals surface area contributed by atoms with Crippen LogP contribution in [0.4, 0.5) is 0 Å². The van der Waals surface area contributed by atoms with Crippen LogP contribution in [0, 0.1) is 11.8 Å². The van der Waals surface area contributed by atoms with Crippen molar-refractivity contribution < 1.29 is 9.47 Å². The number of nitrogens with one attached hydrogen (secondary N) is 1. The number of rotatable bonds is 12. The molecule has 18 heavy (non-hydrogen) atoms. The van der Waals surface area contributed by atoms with E-state index >= 15 is 0 Å². The van der Waals surface area contributed by atoms with Crippen LogP contribution in [0.2, 0.25) is 0 Å². The summed E-state index contributed by atoms with van der Waals surface area (Å²) in [6.45, 7) is 15.0. The molecule has 0 bridgehead atoms. The van der Waals surface area contributed by atoms with E-state index in [9.17, 15) is 0 Å². The third kappa shape index (κ3) is 13.9. The summed E-state index contributed by atoms with van der Waals surface area (Å²) in [5.74, 6) is 1.40. The van der Waals surface area contributed by atoms with Gasteiger partial charge in [0.1, 0.15) is 0 Å². The molecule has 0 amide bonds. The summed E-state index contributed by atoms with van der Waals surface area (Å²) in [7, 11) is 0. The normalized spacial score (nSPS) is 13.5. The molecule has 0 aliphatic rings. The Balaban J connectivity index is 3.15. The maximum Gasteiger partial charge on any atom is 0.0701 e. The zero-order valence-corrected chi connectivity index (χ0v) is 13.0. The lowest BCUT2D eigenvalue weighted by molar-refractivity contribution is 0.0382. The Kier molecular flexibility index (Phi) is 11.9. The van der Waals surface area contributed by atoms with Gasteiger partial charge in [0.2, 0.25) is 0 Å². The first kappa shape index (κ1) is 17.9. The SMILES string of the molecule is CC(C)CCC(C)NCCOCCOCC(C)C. The van der Waals surface area contributed by atoms with E-state index in [0.717, 1.165) is 25.7 Å². The van der Waals surface area contributed by atoms with Crippen molar-refractivity contribution in [2.45, 2.75) is 53.5 Å². The van der Waals surface area contributed by atoms with Gasteiger partial charge in [-0.3, -0.25) is 0 Å². The summed E-state index contributed by atoms with van der Waals surface area (Å²) in [5.41, 5.74) is 0. The van der Waals surface area contributed by atoms with Crippen molar-refractivity contribution in [1.82, 2.24) is 5.32 Å². The third-order valence-electron chi connectivity index (χ3n) is 2.74. The van der Waals surface area contributed by atoms with Crippen LogP contribution < -0.4 is 5.32 Å². The van der Waals surface area contributed by atoms with Gasteiger partial charge in [0, 0.05) is 19.2 Å². The molecule has 0 heterocycles. The molecule has 1 N–H and O–H groups in total. The van der Waals surface area contributed by atoms with E-state index in [2.05, 4.69) is 39.9 Å². The van der Waals surface area contributed by atoms with Gasteiger partial charge in [-0.1, -0.05) is 27.7 Å². The van der Waals surface area contributed by atoms with E-state index in [-0.39, 0.29) is 0 Å². The summed E-state index contributed by atoms with van der Waals surface area (Å²) >= 11 is 0. The maximum absolute atomic E-state index is 5.50. The molecule has 1 atom stereocenters. The van der Waals surface area contributed by atoms with Crippen molar-refractivity contribution in [2.75, 3.05) is 33.0 Å². The molecule has 0 aromatic rings. The molecule has 110 valence electrons. The fraction of sp³-hybridized carbons (Fsp3) is 1.00. The van der Waals surface area contributed by atoms with Gasteiger partial charge in [-0.05, 0) is 31.6 Å². The van der Waals surface area contributed by atoms with Crippen LogP contribution in [0.5, 0.6) is 0 Å². The largest absolute Gasteiger partial charge is 0.379 e. The Bertz CT molecular complexity index is 172. The molecule has 0 saturated heterocycles. The topological polar surface area (TPSA) is 30.5 Å². The summed E-state index contributed by atoms with van der Waals surface area (Å²) < 4.78 is 10.9. The Morgan fingerprint density at radius 1 is 0.778 bits per heavy atom. The lowest BCUT2D eigenvalue weighted by Crippen LogP contribution is -2.30. The Morgan fingerprint density at radius 3 is 2.06 bits per heavy atom. The predicted octanol–water partition coefficient (Wildman–Crippen LogP) is 3.09. The highest BCUT2D eigenvalue weighted by molar-refractivity contribution is 4.61. The van der Waals surface area contributed by atoms with E-state index in [1.54, 1.807) is 0 Å². The summed E-state index contributed by atoms with van der Waals surface area (Å²) in [6, 6.07) is 0.591. The standard InChI is InChI=1S/C15H33NO2/c1-13(2)6-7-15(5)16-8-9-17-10-11-18-12-14(3)4/h13-16H,6-12H2,1-5H3. The molecule has 3 heteroatoms. The molecule has 0 fully saturated rings. The van der Waals surface area contributed by atoms with Crippen molar-refractivity contribution in [1.29, 1.82) is 0 Å². The van der Waals surface area contributed by atoms with Crippen molar-refractivity contribution in [2.24, 2.45) is 11.8 Å². The van der Waals surface area contributed by atoms with E-state index in [1.165, 1.54) is 12.8 Å². The van der Waals surface area contributed by atoms with E-state index < -0.39 is 0 Å². The fourth-order valence-electron chi connectivity index (χ4n) is 1.60. The fourth-order valence-corrected chi connectivity index (χ4v) is 1.60. The van der Waals surface area contributed by atoms with Gasteiger partial charge < -0.3 is 14.8 Å². The Labute approximate surface area is 114 Å². The molecule has 0 aliphatic heterocycles. The molecule has 0 aromatic heterocycles. The highest BCUT2D eigenvalue weighted by Gasteiger charge is 2.02. The van der Waals surface area contributed by atoms with Crippen LogP contribution >= 0.6 is 0 Å². The van der Waals surface area contributed by atoms with Crippen LogP contribution in [0.3, 0.4) is 0 Å². The second kappa shape index (κ2) is 11.9. The number of hydrogen-bond acceptors (Lipinski definition) is 3. The Morgan fingerprint density at radius 2 is 1.44 bits per heavy atom. The molecule has 1 unspecified atom stereocenters.